The maximum atomic E-state index is 13.3. The zero-order valence-corrected chi connectivity index (χ0v) is 15.4. The van der Waals surface area contributed by atoms with Gasteiger partial charge in [-0.3, -0.25) is 4.72 Å². The van der Waals surface area contributed by atoms with Crippen LogP contribution in [-0.2, 0) is 10.0 Å². The first-order chi connectivity index (χ1) is 12.4. The number of oxime groups is 1. The van der Waals surface area contributed by atoms with Crippen molar-refractivity contribution >= 4 is 21.4 Å². The van der Waals surface area contributed by atoms with E-state index >= 15 is 0 Å². The molecule has 0 fully saturated rings. The van der Waals surface area contributed by atoms with Crippen molar-refractivity contribution in [1.29, 1.82) is 0 Å². The number of hydrogen-bond acceptors (Lipinski definition) is 4. The van der Waals surface area contributed by atoms with Crippen LogP contribution in [0.2, 0.25) is 0 Å². The van der Waals surface area contributed by atoms with Gasteiger partial charge in [0.25, 0.3) is 0 Å². The molecule has 0 saturated heterocycles. The quantitative estimate of drug-likeness (QED) is 0.453. The number of hydrogen-bond donors (Lipinski definition) is 1. The number of halogens is 4. The van der Waals surface area contributed by atoms with E-state index in [1.54, 1.807) is 6.92 Å². The van der Waals surface area contributed by atoms with Gasteiger partial charge in [0, 0.05) is 5.56 Å². The van der Waals surface area contributed by atoms with Gasteiger partial charge in [-0.05, 0) is 56.7 Å². The summed E-state index contributed by atoms with van der Waals surface area (Å²) in [6.45, 7) is 4.66. The molecule has 5 nitrogen and oxygen atoms in total. The lowest BCUT2D eigenvalue weighted by Gasteiger charge is -2.14. The van der Waals surface area contributed by atoms with Crippen molar-refractivity contribution in [2.24, 2.45) is 5.16 Å². The summed E-state index contributed by atoms with van der Waals surface area (Å²) in [6, 6.07) is 8.04. The molecule has 0 aliphatic heterocycles. The molecule has 0 aromatic heterocycles. The van der Waals surface area contributed by atoms with Crippen LogP contribution in [0.1, 0.15) is 23.6 Å². The summed E-state index contributed by atoms with van der Waals surface area (Å²) in [5, 5.41) is 3.81. The van der Waals surface area contributed by atoms with Gasteiger partial charge in [-0.2, -0.15) is 21.6 Å². The van der Waals surface area contributed by atoms with E-state index in [-0.39, 0.29) is 22.7 Å². The van der Waals surface area contributed by atoms with Crippen LogP contribution in [0, 0.1) is 19.7 Å². The van der Waals surface area contributed by atoms with Crippen LogP contribution >= 0.6 is 0 Å². The predicted octanol–water partition coefficient (Wildman–Crippen LogP) is 4.51. The van der Waals surface area contributed by atoms with Crippen LogP contribution in [0.25, 0.3) is 0 Å². The third-order valence-electron chi connectivity index (χ3n) is 3.53. The van der Waals surface area contributed by atoms with Gasteiger partial charge in [0.05, 0.1) is 11.4 Å². The fourth-order valence-electron chi connectivity index (χ4n) is 2.09. The monoisotopic (exact) mass is 404 g/mol. The van der Waals surface area contributed by atoms with Gasteiger partial charge in [0.1, 0.15) is 5.82 Å². The SMILES string of the molecule is C/C(=N\Oc1ccc(F)c(C)c1)c1cc(C)ccc1NS(=O)(=O)C(F)(F)F. The summed E-state index contributed by atoms with van der Waals surface area (Å²) in [5.41, 5.74) is -4.51. The summed E-state index contributed by atoms with van der Waals surface area (Å²) in [6.07, 6.45) is 0. The lowest BCUT2D eigenvalue weighted by atomic mass is 10.1. The zero-order chi connectivity index (χ0) is 20.4. The summed E-state index contributed by atoms with van der Waals surface area (Å²) in [4.78, 5) is 5.17. The number of rotatable bonds is 5. The Labute approximate surface area is 153 Å². The molecule has 0 heterocycles. The minimum absolute atomic E-state index is 0.113. The second-order valence-corrected chi connectivity index (χ2v) is 7.45. The molecule has 0 unspecified atom stereocenters. The normalized spacial score (nSPS) is 12.8. The molecule has 27 heavy (non-hydrogen) atoms. The summed E-state index contributed by atoms with van der Waals surface area (Å²) in [7, 11) is -5.58. The van der Waals surface area contributed by atoms with Crippen molar-refractivity contribution in [3.8, 4) is 5.75 Å². The van der Waals surface area contributed by atoms with Crippen molar-refractivity contribution in [2.75, 3.05) is 4.72 Å². The predicted molar refractivity (Wildman–Crippen MR) is 93.8 cm³/mol. The second-order valence-electron chi connectivity index (χ2n) is 5.78. The van der Waals surface area contributed by atoms with E-state index in [0.29, 0.717) is 11.1 Å². The smallest absolute Gasteiger partial charge is 0.357 e. The van der Waals surface area contributed by atoms with Crippen molar-refractivity contribution in [2.45, 2.75) is 26.3 Å². The fourth-order valence-corrected chi connectivity index (χ4v) is 2.68. The lowest BCUT2D eigenvalue weighted by molar-refractivity contribution is -0.0429. The fraction of sp³-hybridized carbons (Fsp3) is 0.235. The van der Waals surface area contributed by atoms with E-state index in [1.807, 2.05) is 0 Å². The molecule has 2 aromatic carbocycles. The van der Waals surface area contributed by atoms with E-state index in [0.717, 1.165) is 0 Å². The topological polar surface area (TPSA) is 67.8 Å². The molecule has 1 N–H and O–H groups in total. The van der Waals surface area contributed by atoms with Gasteiger partial charge in [-0.1, -0.05) is 16.8 Å². The van der Waals surface area contributed by atoms with Gasteiger partial charge in [-0.15, -0.1) is 0 Å². The first-order valence-electron chi connectivity index (χ1n) is 7.58. The number of aryl methyl sites for hydroxylation is 2. The number of anilines is 1. The van der Waals surface area contributed by atoms with E-state index < -0.39 is 21.3 Å². The highest BCUT2D eigenvalue weighted by molar-refractivity contribution is 7.93. The Hall–Kier alpha value is -2.62. The average molecular weight is 404 g/mol. The van der Waals surface area contributed by atoms with Crippen LogP contribution in [-0.4, -0.2) is 19.6 Å². The van der Waals surface area contributed by atoms with Crippen LogP contribution < -0.4 is 9.56 Å². The Morgan fingerprint density at radius 3 is 2.37 bits per heavy atom. The molecular weight excluding hydrogens is 388 g/mol. The molecule has 146 valence electrons. The van der Waals surface area contributed by atoms with E-state index in [9.17, 15) is 26.0 Å². The molecule has 0 bridgehead atoms. The van der Waals surface area contributed by atoms with Crippen molar-refractivity contribution in [3.05, 3.63) is 58.9 Å². The highest BCUT2D eigenvalue weighted by Gasteiger charge is 2.46. The Morgan fingerprint density at radius 2 is 1.78 bits per heavy atom. The Kier molecular flexibility index (Phi) is 5.79. The minimum atomic E-state index is -5.58. The second kappa shape index (κ2) is 7.55. The van der Waals surface area contributed by atoms with Crippen LogP contribution in [0.5, 0.6) is 5.75 Å². The van der Waals surface area contributed by atoms with Crippen LogP contribution in [0.4, 0.5) is 23.2 Å². The van der Waals surface area contributed by atoms with E-state index in [4.69, 9.17) is 4.84 Å². The molecule has 0 atom stereocenters. The van der Waals surface area contributed by atoms with Crippen molar-refractivity contribution in [1.82, 2.24) is 0 Å². The number of alkyl halides is 3. The highest BCUT2D eigenvalue weighted by Crippen LogP contribution is 2.28. The lowest BCUT2D eigenvalue weighted by Crippen LogP contribution is -2.30. The minimum Gasteiger partial charge on any atom is -0.357 e. The summed E-state index contributed by atoms with van der Waals surface area (Å²) in [5.74, 6) is -0.205. The van der Waals surface area contributed by atoms with E-state index in [2.05, 4.69) is 5.16 Å². The maximum Gasteiger partial charge on any atom is 0.516 e. The number of sulfonamides is 1. The third-order valence-corrected chi connectivity index (χ3v) is 4.63. The molecular formula is C17H16F4N2O3S. The average Bonchev–Trinajstić information content (AvgIpc) is 2.56. The highest BCUT2D eigenvalue weighted by atomic mass is 32.2. The molecule has 2 rings (SSSR count). The number of nitrogens with one attached hydrogen (secondary N) is 1. The summed E-state index contributed by atoms with van der Waals surface area (Å²) < 4.78 is 75.5. The molecule has 0 radical (unpaired) electrons. The Bertz CT molecular complexity index is 986. The van der Waals surface area contributed by atoms with Crippen LogP contribution in [0.3, 0.4) is 0 Å². The van der Waals surface area contributed by atoms with Gasteiger partial charge in [0.15, 0.2) is 5.75 Å². The first-order valence-corrected chi connectivity index (χ1v) is 9.07. The molecule has 0 amide bonds. The molecule has 2 aromatic rings. The molecule has 0 saturated carbocycles. The molecule has 0 spiro atoms. The van der Waals surface area contributed by atoms with Gasteiger partial charge >= 0.3 is 15.5 Å². The Morgan fingerprint density at radius 1 is 1.11 bits per heavy atom. The molecule has 0 aliphatic carbocycles. The third kappa shape index (κ3) is 4.97. The van der Waals surface area contributed by atoms with Gasteiger partial charge < -0.3 is 4.84 Å². The van der Waals surface area contributed by atoms with Crippen molar-refractivity contribution in [3.63, 3.8) is 0 Å². The van der Waals surface area contributed by atoms with Gasteiger partial charge in [-0.25, -0.2) is 4.39 Å². The van der Waals surface area contributed by atoms with E-state index in [1.165, 1.54) is 55.0 Å². The van der Waals surface area contributed by atoms with Crippen molar-refractivity contribution < 1.29 is 30.8 Å². The number of benzene rings is 2. The molecule has 10 heteroatoms. The standard InChI is InChI=1S/C17H16F4N2O3S/c1-10-4-7-16(23-27(24,25)17(19,20)21)14(8-10)12(3)22-26-13-5-6-15(18)11(2)9-13/h4-9,23H,1-3H3/b22-12+. The maximum absolute atomic E-state index is 13.3. The summed E-state index contributed by atoms with van der Waals surface area (Å²) >= 11 is 0. The molecule has 0 aliphatic rings. The first kappa shape index (κ1) is 20.7. The largest absolute Gasteiger partial charge is 0.516 e. The number of nitrogens with zero attached hydrogens (tertiary/aromatic N) is 1. The zero-order valence-electron chi connectivity index (χ0n) is 14.6. The Balaban J connectivity index is 2.36. The van der Waals surface area contributed by atoms with Gasteiger partial charge in [0.2, 0.25) is 0 Å². The van der Waals surface area contributed by atoms with Crippen LogP contribution in [0.15, 0.2) is 41.6 Å².